The van der Waals surface area contributed by atoms with Gasteiger partial charge in [-0.05, 0) is 29.0 Å². The van der Waals surface area contributed by atoms with Crippen molar-refractivity contribution < 1.29 is 14.4 Å². The van der Waals surface area contributed by atoms with Crippen LogP contribution in [0.1, 0.15) is 38.3 Å². The zero-order chi connectivity index (χ0) is 17.5. The summed E-state index contributed by atoms with van der Waals surface area (Å²) in [7, 11) is 0. The fourth-order valence-electron chi connectivity index (χ4n) is 3.13. The zero-order valence-corrected chi connectivity index (χ0v) is 14.4. The molecule has 2 heterocycles. The van der Waals surface area contributed by atoms with Gasteiger partial charge in [-0.1, -0.05) is 32.9 Å². The van der Waals surface area contributed by atoms with Crippen LogP contribution in [0.4, 0.5) is 10.5 Å². The number of hydrogen-bond donors (Lipinski definition) is 1. The Hall–Kier alpha value is -2.37. The molecule has 0 bridgehead atoms. The summed E-state index contributed by atoms with van der Waals surface area (Å²) in [6, 6.07) is 5.76. The summed E-state index contributed by atoms with van der Waals surface area (Å²) in [5.41, 5.74) is 3.44. The lowest BCUT2D eigenvalue weighted by Crippen LogP contribution is -2.52. The minimum atomic E-state index is -0.484. The van der Waals surface area contributed by atoms with Crippen LogP contribution < -0.4 is 10.2 Å². The van der Waals surface area contributed by atoms with E-state index < -0.39 is 6.03 Å². The van der Waals surface area contributed by atoms with Gasteiger partial charge >= 0.3 is 6.03 Å². The number of carbonyl (C=O) groups excluding carboxylic acids is 3. The molecule has 1 fully saturated rings. The van der Waals surface area contributed by atoms with Gasteiger partial charge in [0.2, 0.25) is 11.8 Å². The van der Waals surface area contributed by atoms with Crippen LogP contribution in [0.15, 0.2) is 18.2 Å². The Balaban J connectivity index is 1.73. The van der Waals surface area contributed by atoms with Gasteiger partial charge in [0.25, 0.3) is 0 Å². The van der Waals surface area contributed by atoms with E-state index in [1.807, 2.05) is 6.07 Å². The van der Waals surface area contributed by atoms with Gasteiger partial charge in [-0.3, -0.25) is 14.9 Å². The van der Waals surface area contributed by atoms with Crippen molar-refractivity contribution >= 4 is 23.5 Å². The molecule has 6 nitrogen and oxygen atoms in total. The number of fused-ring (bicyclic) bond motifs is 1. The lowest BCUT2D eigenvalue weighted by molar-refractivity contribution is -0.124. The second-order valence-corrected chi connectivity index (χ2v) is 7.41. The molecule has 1 aromatic carbocycles. The molecule has 24 heavy (non-hydrogen) atoms. The highest BCUT2D eigenvalue weighted by molar-refractivity contribution is 6.01. The lowest BCUT2D eigenvalue weighted by Gasteiger charge is -2.28. The molecule has 3 rings (SSSR count). The van der Waals surface area contributed by atoms with E-state index in [9.17, 15) is 14.4 Å². The van der Waals surface area contributed by atoms with Crippen LogP contribution in [-0.4, -0.2) is 42.4 Å². The predicted octanol–water partition coefficient (Wildman–Crippen LogP) is 1.82. The van der Waals surface area contributed by atoms with Crippen LogP contribution in [0.5, 0.6) is 0 Å². The van der Waals surface area contributed by atoms with Crippen molar-refractivity contribution in [1.82, 2.24) is 10.2 Å². The molecular formula is C18H23N3O3. The molecule has 1 saturated heterocycles. The largest absolute Gasteiger partial charge is 0.324 e. The first-order chi connectivity index (χ1) is 11.3. The Kier molecular flexibility index (Phi) is 4.07. The number of rotatable bonds is 2. The summed E-state index contributed by atoms with van der Waals surface area (Å²) >= 11 is 0. The summed E-state index contributed by atoms with van der Waals surface area (Å²) in [5.74, 6) is -0.397. The van der Waals surface area contributed by atoms with E-state index in [0.29, 0.717) is 13.1 Å². The quantitative estimate of drug-likeness (QED) is 0.900. The highest BCUT2D eigenvalue weighted by Crippen LogP contribution is 2.33. The lowest BCUT2D eigenvalue weighted by atomic mass is 9.86. The molecule has 0 unspecified atom stereocenters. The molecule has 1 aromatic rings. The van der Waals surface area contributed by atoms with Crippen LogP contribution in [0.2, 0.25) is 0 Å². The first kappa shape index (κ1) is 16.5. The van der Waals surface area contributed by atoms with Gasteiger partial charge in [-0.25, -0.2) is 4.79 Å². The second kappa shape index (κ2) is 5.92. The van der Waals surface area contributed by atoms with E-state index in [4.69, 9.17) is 0 Å². The Morgan fingerprint density at radius 3 is 2.58 bits per heavy atom. The first-order valence-corrected chi connectivity index (χ1v) is 8.28. The third-order valence-electron chi connectivity index (χ3n) is 4.61. The van der Waals surface area contributed by atoms with Crippen molar-refractivity contribution in [2.24, 2.45) is 0 Å². The van der Waals surface area contributed by atoms with Gasteiger partial charge in [-0.15, -0.1) is 0 Å². The number of amides is 4. The normalized spacial score (nSPS) is 17.8. The molecule has 0 radical (unpaired) electrons. The van der Waals surface area contributed by atoms with E-state index in [1.165, 1.54) is 16.0 Å². The first-order valence-electron chi connectivity index (χ1n) is 8.28. The molecular weight excluding hydrogens is 306 g/mol. The molecule has 0 saturated carbocycles. The third kappa shape index (κ3) is 3.13. The average molecular weight is 329 g/mol. The Labute approximate surface area is 141 Å². The van der Waals surface area contributed by atoms with Crippen molar-refractivity contribution in [2.45, 2.75) is 39.0 Å². The van der Waals surface area contributed by atoms with Crippen molar-refractivity contribution in [3.63, 3.8) is 0 Å². The van der Waals surface area contributed by atoms with Gasteiger partial charge in [0.1, 0.15) is 6.54 Å². The SMILES string of the molecule is CC(C)(C)c1ccc2c(c1)CCN2C(=O)CN1CCC(=O)NC1=O. The third-order valence-corrected chi connectivity index (χ3v) is 4.61. The van der Waals surface area contributed by atoms with E-state index >= 15 is 0 Å². The van der Waals surface area contributed by atoms with Crippen LogP contribution >= 0.6 is 0 Å². The molecule has 1 N–H and O–H groups in total. The van der Waals surface area contributed by atoms with E-state index in [1.54, 1.807) is 4.90 Å². The van der Waals surface area contributed by atoms with Gasteiger partial charge in [0.15, 0.2) is 0 Å². The summed E-state index contributed by atoms with van der Waals surface area (Å²) in [5, 5.41) is 2.25. The second-order valence-electron chi connectivity index (χ2n) is 7.41. The average Bonchev–Trinajstić information content (AvgIpc) is 2.92. The van der Waals surface area contributed by atoms with E-state index in [2.05, 4.69) is 38.2 Å². The number of nitrogens with zero attached hydrogens (tertiary/aromatic N) is 2. The maximum Gasteiger partial charge on any atom is 0.324 e. The van der Waals surface area contributed by atoms with Crippen molar-refractivity contribution in [3.05, 3.63) is 29.3 Å². The van der Waals surface area contributed by atoms with Crippen molar-refractivity contribution in [3.8, 4) is 0 Å². The number of benzene rings is 1. The van der Waals surface area contributed by atoms with Gasteiger partial charge in [-0.2, -0.15) is 0 Å². The van der Waals surface area contributed by atoms with E-state index in [-0.39, 0.29) is 30.2 Å². The fraction of sp³-hybridized carbons (Fsp3) is 0.500. The monoisotopic (exact) mass is 329 g/mol. The Morgan fingerprint density at radius 1 is 1.17 bits per heavy atom. The minimum absolute atomic E-state index is 0.000421. The highest BCUT2D eigenvalue weighted by Gasteiger charge is 2.30. The van der Waals surface area contributed by atoms with Gasteiger partial charge in [0.05, 0.1) is 0 Å². The fourth-order valence-corrected chi connectivity index (χ4v) is 3.13. The molecule has 2 aliphatic rings. The number of carbonyl (C=O) groups is 3. The van der Waals surface area contributed by atoms with Crippen LogP contribution in [0, 0.1) is 0 Å². The number of imide groups is 1. The van der Waals surface area contributed by atoms with Gasteiger partial charge < -0.3 is 9.80 Å². The smallest absolute Gasteiger partial charge is 0.315 e. The Bertz CT molecular complexity index is 706. The number of urea groups is 1. The molecule has 2 aliphatic heterocycles. The molecule has 4 amide bonds. The number of hydrogen-bond acceptors (Lipinski definition) is 3. The Morgan fingerprint density at radius 2 is 1.92 bits per heavy atom. The zero-order valence-electron chi connectivity index (χ0n) is 14.4. The molecule has 0 atom stereocenters. The summed E-state index contributed by atoms with van der Waals surface area (Å²) in [6.45, 7) is 7.43. The topological polar surface area (TPSA) is 69.7 Å². The van der Waals surface area contributed by atoms with Gasteiger partial charge in [0, 0.05) is 25.2 Å². The summed E-state index contributed by atoms with van der Waals surface area (Å²) < 4.78 is 0. The maximum absolute atomic E-state index is 12.6. The van der Waals surface area contributed by atoms with Crippen LogP contribution in [0.3, 0.4) is 0 Å². The highest BCUT2D eigenvalue weighted by atomic mass is 16.2. The number of anilines is 1. The molecule has 0 aromatic heterocycles. The molecule has 128 valence electrons. The van der Waals surface area contributed by atoms with Crippen molar-refractivity contribution in [1.29, 1.82) is 0 Å². The molecule has 0 aliphatic carbocycles. The number of nitrogens with one attached hydrogen (secondary N) is 1. The van der Waals surface area contributed by atoms with Crippen molar-refractivity contribution in [2.75, 3.05) is 24.5 Å². The van der Waals surface area contributed by atoms with Crippen LogP contribution in [0.25, 0.3) is 0 Å². The predicted molar refractivity (Wildman–Crippen MR) is 90.9 cm³/mol. The molecule has 6 heteroatoms. The van der Waals surface area contributed by atoms with E-state index in [0.717, 1.165) is 12.1 Å². The summed E-state index contributed by atoms with van der Waals surface area (Å²) in [6.07, 6.45) is 1.07. The molecule has 0 spiro atoms. The standard InChI is InChI=1S/C18H23N3O3/c1-18(2,3)13-4-5-14-12(10-13)6-9-21(14)16(23)11-20-8-7-15(22)19-17(20)24/h4-5,10H,6-9,11H2,1-3H3,(H,19,22,24). The maximum atomic E-state index is 12.6. The minimum Gasteiger partial charge on any atom is -0.315 e. The summed E-state index contributed by atoms with van der Waals surface area (Å²) in [4.78, 5) is 38.7. The van der Waals surface area contributed by atoms with Crippen LogP contribution in [-0.2, 0) is 21.4 Å².